The van der Waals surface area contributed by atoms with E-state index in [2.05, 4.69) is 5.32 Å². The van der Waals surface area contributed by atoms with Gasteiger partial charge in [0.15, 0.2) is 0 Å². The average Bonchev–Trinajstić information content (AvgIpc) is 2.55. The molecule has 0 radical (unpaired) electrons. The van der Waals surface area contributed by atoms with Crippen LogP contribution < -0.4 is 5.32 Å². The Kier molecular flexibility index (Phi) is 8.49. The molecule has 0 saturated carbocycles. The van der Waals surface area contributed by atoms with Crippen LogP contribution in [-0.2, 0) is 30.3 Å². The number of likely N-dealkylation sites (N-methyl/N-ethyl adjacent to an activating group) is 1. The number of ether oxygens (including phenoxy) is 2. The Bertz CT molecular complexity index is 555. The van der Waals surface area contributed by atoms with Crippen molar-refractivity contribution in [2.75, 3.05) is 39.7 Å². The minimum atomic E-state index is -0.431. The van der Waals surface area contributed by atoms with Crippen LogP contribution in [0.15, 0.2) is 24.3 Å². The molecule has 1 rings (SSSR count). The Labute approximate surface area is 141 Å². The van der Waals surface area contributed by atoms with Crippen LogP contribution in [0.3, 0.4) is 0 Å². The summed E-state index contributed by atoms with van der Waals surface area (Å²) in [6.45, 7) is 0.519. The van der Waals surface area contributed by atoms with Gasteiger partial charge in [0, 0.05) is 33.3 Å². The number of nitrogens with zero attached hydrogens (tertiary/aromatic N) is 1. The topological polar surface area (TPSA) is 84.9 Å². The van der Waals surface area contributed by atoms with Crippen molar-refractivity contribution in [3.63, 3.8) is 0 Å². The van der Waals surface area contributed by atoms with Crippen molar-refractivity contribution >= 4 is 23.5 Å². The van der Waals surface area contributed by atoms with Crippen LogP contribution >= 0.6 is 0 Å². The molecule has 0 unspecified atom stereocenters. The van der Waals surface area contributed by atoms with Crippen LogP contribution in [0.1, 0.15) is 18.4 Å². The van der Waals surface area contributed by atoms with Gasteiger partial charge in [-0.15, -0.1) is 0 Å². The van der Waals surface area contributed by atoms with Gasteiger partial charge < -0.3 is 19.7 Å². The number of hydrogen-bond acceptors (Lipinski definition) is 5. The molecule has 1 aromatic carbocycles. The van der Waals surface area contributed by atoms with Crippen LogP contribution in [0.25, 0.3) is 0 Å². The van der Waals surface area contributed by atoms with Crippen LogP contribution in [0.5, 0.6) is 0 Å². The Morgan fingerprint density at radius 2 is 1.71 bits per heavy atom. The minimum absolute atomic E-state index is 0.0128. The maximum atomic E-state index is 11.8. The molecule has 132 valence electrons. The maximum absolute atomic E-state index is 11.8. The number of nitrogens with one attached hydrogen (secondary N) is 1. The van der Waals surface area contributed by atoms with E-state index in [0.717, 1.165) is 5.56 Å². The first kappa shape index (κ1) is 19.6. The molecule has 0 aliphatic heterocycles. The highest BCUT2D eigenvalue weighted by molar-refractivity contribution is 5.92. The normalized spacial score (nSPS) is 10.1. The lowest BCUT2D eigenvalue weighted by molar-refractivity contribution is -0.145. The summed E-state index contributed by atoms with van der Waals surface area (Å²) in [7, 11) is 4.93. The highest BCUT2D eigenvalue weighted by Crippen LogP contribution is 2.11. The quantitative estimate of drug-likeness (QED) is 0.541. The van der Waals surface area contributed by atoms with Crippen molar-refractivity contribution in [1.82, 2.24) is 4.90 Å². The largest absolute Gasteiger partial charge is 0.463 e. The molecule has 0 fully saturated rings. The van der Waals surface area contributed by atoms with Gasteiger partial charge in [-0.3, -0.25) is 14.4 Å². The predicted molar refractivity (Wildman–Crippen MR) is 89.5 cm³/mol. The van der Waals surface area contributed by atoms with Gasteiger partial charge in [0.25, 0.3) is 0 Å². The lowest BCUT2D eigenvalue weighted by atomic mass is 10.1. The molecule has 0 aliphatic carbocycles. The van der Waals surface area contributed by atoms with Crippen molar-refractivity contribution in [2.45, 2.75) is 19.3 Å². The third-order valence-corrected chi connectivity index (χ3v) is 3.20. The van der Waals surface area contributed by atoms with Gasteiger partial charge in [-0.1, -0.05) is 12.1 Å². The number of esters is 1. The molecule has 0 aromatic heterocycles. The first-order valence-electron chi connectivity index (χ1n) is 7.66. The van der Waals surface area contributed by atoms with Crippen molar-refractivity contribution < 1.29 is 23.9 Å². The van der Waals surface area contributed by atoms with Crippen molar-refractivity contribution in [1.29, 1.82) is 0 Å². The lowest BCUT2D eigenvalue weighted by Crippen LogP contribution is -2.23. The summed E-state index contributed by atoms with van der Waals surface area (Å²) >= 11 is 0. The standard InChI is InChI=1S/C17H24N2O5/c1-19(2)16(21)12-13-4-6-14(7-5-13)18-15(20)8-9-17(22)24-11-10-23-3/h4-7H,8-12H2,1-3H3,(H,18,20). The Morgan fingerprint density at radius 3 is 2.29 bits per heavy atom. The zero-order chi connectivity index (χ0) is 17.9. The zero-order valence-electron chi connectivity index (χ0n) is 14.3. The van der Waals surface area contributed by atoms with Gasteiger partial charge in [0.2, 0.25) is 11.8 Å². The van der Waals surface area contributed by atoms with E-state index in [-0.39, 0.29) is 31.3 Å². The van der Waals surface area contributed by atoms with Crippen LogP contribution in [0.4, 0.5) is 5.69 Å². The summed E-state index contributed by atoms with van der Waals surface area (Å²) in [6.07, 6.45) is 0.381. The van der Waals surface area contributed by atoms with E-state index in [4.69, 9.17) is 9.47 Å². The summed E-state index contributed by atoms with van der Waals surface area (Å²) in [5.74, 6) is -0.686. The third-order valence-electron chi connectivity index (χ3n) is 3.20. The second-order valence-electron chi connectivity index (χ2n) is 5.42. The number of amides is 2. The van der Waals surface area contributed by atoms with E-state index in [1.54, 1.807) is 38.4 Å². The second kappa shape index (κ2) is 10.4. The molecule has 0 heterocycles. The average molecular weight is 336 g/mol. The Balaban J connectivity index is 2.36. The van der Waals surface area contributed by atoms with Crippen molar-refractivity contribution in [3.8, 4) is 0 Å². The lowest BCUT2D eigenvalue weighted by Gasteiger charge is -2.10. The molecule has 0 bridgehead atoms. The van der Waals surface area contributed by atoms with Crippen LogP contribution in [0, 0.1) is 0 Å². The molecule has 0 saturated heterocycles. The van der Waals surface area contributed by atoms with Gasteiger partial charge in [0.1, 0.15) is 6.61 Å². The highest BCUT2D eigenvalue weighted by Gasteiger charge is 2.09. The molecule has 0 aliphatic rings. The van der Waals surface area contributed by atoms with E-state index < -0.39 is 5.97 Å². The van der Waals surface area contributed by atoms with Crippen LogP contribution in [-0.4, -0.2) is 57.1 Å². The van der Waals surface area contributed by atoms with E-state index >= 15 is 0 Å². The maximum Gasteiger partial charge on any atom is 0.306 e. The molecular weight excluding hydrogens is 312 g/mol. The molecule has 0 spiro atoms. The molecule has 2 amide bonds. The Hall–Kier alpha value is -2.41. The van der Waals surface area contributed by atoms with Gasteiger partial charge >= 0.3 is 5.97 Å². The zero-order valence-corrected chi connectivity index (χ0v) is 14.3. The summed E-state index contributed by atoms with van der Waals surface area (Å²) in [5, 5.41) is 2.70. The number of carbonyl (C=O) groups excluding carboxylic acids is 3. The van der Waals surface area contributed by atoms with E-state index in [0.29, 0.717) is 18.7 Å². The number of rotatable bonds is 9. The van der Waals surface area contributed by atoms with E-state index in [1.807, 2.05) is 0 Å². The summed E-state index contributed by atoms with van der Waals surface area (Å²) < 4.78 is 9.64. The number of carbonyl (C=O) groups is 3. The molecule has 7 heteroatoms. The van der Waals surface area contributed by atoms with Crippen molar-refractivity contribution in [3.05, 3.63) is 29.8 Å². The molecule has 1 N–H and O–H groups in total. The van der Waals surface area contributed by atoms with Crippen molar-refractivity contribution in [2.24, 2.45) is 0 Å². The molecular formula is C17H24N2O5. The minimum Gasteiger partial charge on any atom is -0.463 e. The van der Waals surface area contributed by atoms with Gasteiger partial charge in [0.05, 0.1) is 19.4 Å². The van der Waals surface area contributed by atoms with Gasteiger partial charge in [-0.25, -0.2) is 0 Å². The summed E-state index contributed by atoms with van der Waals surface area (Å²) in [6, 6.07) is 7.03. The Morgan fingerprint density at radius 1 is 1.04 bits per heavy atom. The molecule has 7 nitrogen and oxygen atoms in total. The number of methoxy groups -OCH3 is 1. The summed E-state index contributed by atoms with van der Waals surface area (Å²) in [5.41, 5.74) is 1.49. The fraction of sp³-hybridized carbons (Fsp3) is 0.471. The smallest absolute Gasteiger partial charge is 0.306 e. The molecule has 1 aromatic rings. The van der Waals surface area contributed by atoms with E-state index in [1.165, 1.54) is 12.0 Å². The van der Waals surface area contributed by atoms with Gasteiger partial charge in [-0.2, -0.15) is 0 Å². The molecule has 24 heavy (non-hydrogen) atoms. The monoisotopic (exact) mass is 336 g/mol. The first-order chi connectivity index (χ1) is 11.4. The summed E-state index contributed by atoms with van der Waals surface area (Å²) in [4.78, 5) is 36.3. The van der Waals surface area contributed by atoms with E-state index in [9.17, 15) is 14.4 Å². The highest BCUT2D eigenvalue weighted by atomic mass is 16.6. The first-order valence-corrected chi connectivity index (χ1v) is 7.66. The number of benzene rings is 1. The SMILES string of the molecule is COCCOC(=O)CCC(=O)Nc1ccc(CC(=O)N(C)C)cc1. The number of hydrogen-bond donors (Lipinski definition) is 1. The third kappa shape index (κ3) is 7.73. The van der Waals surface area contributed by atoms with Gasteiger partial charge in [-0.05, 0) is 17.7 Å². The molecule has 0 atom stereocenters. The predicted octanol–water partition coefficient (Wildman–Crippen LogP) is 1.23. The fourth-order valence-corrected chi connectivity index (χ4v) is 1.79. The fourth-order valence-electron chi connectivity index (χ4n) is 1.79. The number of anilines is 1. The second-order valence-corrected chi connectivity index (χ2v) is 5.42. The van der Waals surface area contributed by atoms with Crippen LogP contribution in [0.2, 0.25) is 0 Å².